The number of methoxy groups -OCH3 is 1. The first kappa shape index (κ1) is 16.3. The second-order valence-corrected chi connectivity index (χ2v) is 5.64. The van der Waals surface area contributed by atoms with E-state index < -0.39 is 0 Å². The lowest BCUT2D eigenvalue weighted by Crippen LogP contribution is -2.36. The quantitative estimate of drug-likeness (QED) is 0.726. The maximum absolute atomic E-state index is 12.4. The van der Waals surface area contributed by atoms with E-state index in [-0.39, 0.29) is 11.9 Å². The van der Waals surface area contributed by atoms with Crippen molar-refractivity contribution in [2.45, 2.75) is 25.9 Å². The van der Waals surface area contributed by atoms with Crippen LogP contribution in [0.2, 0.25) is 5.02 Å². The topological polar surface area (TPSA) is 38.8 Å². The molecule has 1 aliphatic heterocycles. The molecule has 1 aliphatic rings. The van der Waals surface area contributed by atoms with Crippen LogP contribution in [-0.4, -0.2) is 50.1 Å². The molecule has 5 heteroatoms. The van der Waals surface area contributed by atoms with Gasteiger partial charge in [-0.25, -0.2) is 0 Å². The van der Waals surface area contributed by atoms with Crippen LogP contribution in [0.1, 0.15) is 30.1 Å². The van der Waals surface area contributed by atoms with Gasteiger partial charge < -0.3 is 9.47 Å². The average molecular weight is 312 g/mol. The Balaban J connectivity index is 1.96. The summed E-state index contributed by atoms with van der Waals surface area (Å²) in [5, 5.41) is 0.463. The molecular weight excluding hydrogens is 290 g/mol. The third kappa shape index (κ3) is 4.43. The standard InChI is InChI=1S/C16H22ClNO3/c1-3-18(10-13-5-4-8-21-13)11-15(19)12-6-7-16(20-2)14(17)9-12/h6-7,9,13H,3-5,8,10-11H2,1-2H3. The smallest absolute Gasteiger partial charge is 0.176 e. The zero-order valence-electron chi connectivity index (χ0n) is 12.6. The van der Waals surface area contributed by atoms with E-state index in [9.17, 15) is 4.79 Å². The summed E-state index contributed by atoms with van der Waals surface area (Å²) in [7, 11) is 1.56. The summed E-state index contributed by atoms with van der Waals surface area (Å²) in [4.78, 5) is 14.5. The van der Waals surface area contributed by atoms with E-state index >= 15 is 0 Å². The van der Waals surface area contributed by atoms with Crippen LogP contribution in [0.15, 0.2) is 18.2 Å². The fourth-order valence-corrected chi connectivity index (χ4v) is 2.77. The molecule has 4 nitrogen and oxygen atoms in total. The van der Waals surface area contributed by atoms with E-state index in [0.29, 0.717) is 22.9 Å². The molecule has 1 heterocycles. The van der Waals surface area contributed by atoms with Crippen molar-refractivity contribution >= 4 is 17.4 Å². The Bertz CT molecular complexity index is 486. The maximum Gasteiger partial charge on any atom is 0.176 e. The molecule has 1 atom stereocenters. The number of rotatable bonds is 7. The molecule has 0 radical (unpaired) electrons. The minimum absolute atomic E-state index is 0.0689. The molecule has 1 aromatic rings. The Morgan fingerprint density at radius 2 is 2.33 bits per heavy atom. The molecule has 1 aromatic carbocycles. The number of carbonyl (C=O) groups is 1. The van der Waals surface area contributed by atoms with Crippen molar-refractivity contribution in [1.29, 1.82) is 0 Å². The molecule has 0 aliphatic carbocycles. The molecule has 0 amide bonds. The highest BCUT2D eigenvalue weighted by Gasteiger charge is 2.20. The second kappa shape index (κ2) is 7.78. The Morgan fingerprint density at radius 3 is 2.90 bits per heavy atom. The summed E-state index contributed by atoms with van der Waals surface area (Å²) in [5.41, 5.74) is 0.617. The SMILES string of the molecule is CCN(CC(=O)c1ccc(OC)c(Cl)c1)CC1CCCO1. The van der Waals surface area contributed by atoms with E-state index in [1.165, 1.54) is 0 Å². The van der Waals surface area contributed by atoms with E-state index in [0.717, 1.165) is 32.5 Å². The van der Waals surface area contributed by atoms with Gasteiger partial charge in [0.2, 0.25) is 0 Å². The maximum atomic E-state index is 12.4. The molecular formula is C16H22ClNO3. The van der Waals surface area contributed by atoms with Crippen LogP contribution in [0.25, 0.3) is 0 Å². The number of ether oxygens (including phenoxy) is 2. The molecule has 1 unspecified atom stereocenters. The van der Waals surface area contributed by atoms with E-state index in [1.54, 1.807) is 25.3 Å². The summed E-state index contributed by atoms with van der Waals surface area (Å²) in [5.74, 6) is 0.652. The largest absolute Gasteiger partial charge is 0.495 e. The minimum atomic E-state index is 0.0689. The molecule has 0 spiro atoms. The van der Waals surface area contributed by atoms with Crippen LogP contribution in [0.4, 0.5) is 0 Å². The predicted molar refractivity (Wildman–Crippen MR) is 83.4 cm³/mol. The molecule has 0 N–H and O–H groups in total. The zero-order valence-corrected chi connectivity index (χ0v) is 13.4. The van der Waals surface area contributed by atoms with Gasteiger partial charge >= 0.3 is 0 Å². The third-order valence-electron chi connectivity index (χ3n) is 3.77. The monoisotopic (exact) mass is 311 g/mol. The van der Waals surface area contributed by atoms with Gasteiger partial charge in [0.05, 0.1) is 24.8 Å². The van der Waals surface area contributed by atoms with Crippen molar-refractivity contribution in [1.82, 2.24) is 4.90 Å². The van der Waals surface area contributed by atoms with Crippen molar-refractivity contribution in [3.8, 4) is 5.75 Å². The summed E-state index contributed by atoms with van der Waals surface area (Å²) in [6.07, 6.45) is 2.46. The van der Waals surface area contributed by atoms with E-state index in [2.05, 4.69) is 11.8 Å². The molecule has 0 bridgehead atoms. The average Bonchev–Trinajstić information content (AvgIpc) is 2.99. The Labute approximate surface area is 131 Å². The number of benzene rings is 1. The lowest BCUT2D eigenvalue weighted by atomic mass is 10.1. The third-order valence-corrected chi connectivity index (χ3v) is 4.07. The second-order valence-electron chi connectivity index (χ2n) is 5.24. The van der Waals surface area contributed by atoms with E-state index in [4.69, 9.17) is 21.1 Å². The lowest BCUT2D eigenvalue weighted by Gasteiger charge is -2.23. The van der Waals surface area contributed by atoms with Crippen LogP contribution in [-0.2, 0) is 4.74 Å². The summed E-state index contributed by atoms with van der Waals surface area (Å²) in [6, 6.07) is 5.15. The van der Waals surface area contributed by atoms with Crippen LogP contribution in [0.3, 0.4) is 0 Å². The molecule has 2 rings (SSSR count). The number of halogens is 1. The fraction of sp³-hybridized carbons (Fsp3) is 0.562. The van der Waals surface area contributed by atoms with Gasteiger partial charge in [-0.2, -0.15) is 0 Å². The van der Waals surface area contributed by atoms with Gasteiger partial charge in [-0.15, -0.1) is 0 Å². The van der Waals surface area contributed by atoms with Gasteiger partial charge in [-0.05, 0) is 37.6 Å². The van der Waals surface area contributed by atoms with Crippen molar-refractivity contribution in [3.05, 3.63) is 28.8 Å². The van der Waals surface area contributed by atoms with Crippen LogP contribution in [0, 0.1) is 0 Å². The highest BCUT2D eigenvalue weighted by atomic mass is 35.5. The van der Waals surface area contributed by atoms with Crippen LogP contribution < -0.4 is 4.74 Å². The van der Waals surface area contributed by atoms with Gasteiger partial charge in [0.15, 0.2) is 5.78 Å². The number of Topliss-reactive ketones (excluding diaryl/α,β-unsaturated/α-hetero) is 1. The van der Waals surface area contributed by atoms with Crippen molar-refractivity contribution in [3.63, 3.8) is 0 Å². The molecule has 1 fully saturated rings. The molecule has 21 heavy (non-hydrogen) atoms. The number of carbonyl (C=O) groups excluding carboxylic acids is 1. The first-order chi connectivity index (χ1) is 10.1. The summed E-state index contributed by atoms with van der Waals surface area (Å²) in [6.45, 7) is 4.92. The van der Waals surface area contributed by atoms with Crippen molar-refractivity contribution in [2.24, 2.45) is 0 Å². The number of likely N-dealkylation sites (N-methyl/N-ethyl adjacent to an activating group) is 1. The van der Waals surface area contributed by atoms with Crippen LogP contribution in [0.5, 0.6) is 5.75 Å². The normalized spacial score (nSPS) is 18.2. The van der Waals surface area contributed by atoms with Crippen molar-refractivity contribution < 1.29 is 14.3 Å². The first-order valence-electron chi connectivity index (χ1n) is 7.34. The van der Waals surface area contributed by atoms with E-state index in [1.807, 2.05) is 0 Å². The molecule has 1 saturated heterocycles. The molecule has 116 valence electrons. The molecule has 0 saturated carbocycles. The Hall–Kier alpha value is -1.10. The summed E-state index contributed by atoms with van der Waals surface area (Å²) < 4.78 is 10.7. The van der Waals surface area contributed by atoms with Gasteiger partial charge in [-0.1, -0.05) is 18.5 Å². The van der Waals surface area contributed by atoms with Gasteiger partial charge in [0.1, 0.15) is 5.75 Å². The number of hydrogen-bond acceptors (Lipinski definition) is 4. The Kier molecular flexibility index (Phi) is 6.03. The number of nitrogens with zero attached hydrogens (tertiary/aromatic N) is 1. The lowest BCUT2D eigenvalue weighted by molar-refractivity contribution is 0.0686. The number of hydrogen-bond donors (Lipinski definition) is 0. The van der Waals surface area contributed by atoms with Gasteiger partial charge in [0.25, 0.3) is 0 Å². The first-order valence-corrected chi connectivity index (χ1v) is 7.72. The molecule has 0 aromatic heterocycles. The van der Waals surface area contributed by atoms with Crippen LogP contribution >= 0.6 is 11.6 Å². The minimum Gasteiger partial charge on any atom is -0.495 e. The predicted octanol–water partition coefficient (Wildman–Crippen LogP) is 3.03. The fourth-order valence-electron chi connectivity index (χ4n) is 2.52. The highest BCUT2D eigenvalue weighted by Crippen LogP contribution is 2.25. The number of ketones is 1. The Morgan fingerprint density at radius 1 is 1.52 bits per heavy atom. The zero-order chi connectivity index (χ0) is 15.2. The summed E-state index contributed by atoms with van der Waals surface area (Å²) >= 11 is 6.07. The van der Waals surface area contributed by atoms with Gasteiger partial charge in [-0.3, -0.25) is 9.69 Å². The highest BCUT2D eigenvalue weighted by molar-refractivity contribution is 6.32. The van der Waals surface area contributed by atoms with Crippen molar-refractivity contribution in [2.75, 3.05) is 33.4 Å². The van der Waals surface area contributed by atoms with Gasteiger partial charge in [0, 0.05) is 18.7 Å².